The van der Waals surface area contributed by atoms with E-state index in [4.69, 9.17) is 16.6 Å². The van der Waals surface area contributed by atoms with Crippen molar-refractivity contribution in [3.05, 3.63) is 59.2 Å². The van der Waals surface area contributed by atoms with Gasteiger partial charge in [-0.15, -0.1) is 11.8 Å². The first-order valence-corrected chi connectivity index (χ1v) is 10.2. The molecule has 0 aliphatic rings. The van der Waals surface area contributed by atoms with Crippen LogP contribution >= 0.6 is 35.3 Å². The van der Waals surface area contributed by atoms with Crippen LogP contribution in [0.2, 0.25) is 0 Å². The van der Waals surface area contributed by atoms with Crippen molar-refractivity contribution in [3.63, 3.8) is 0 Å². The van der Waals surface area contributed by atoms with Gasteiger partial charge in [0.2, 0.25) is 0 Å². The third kappa shape index (κ3) is 7.36. The van der Waals surface area contributed by atoms with Gasteiger partial charge in [0.05, 0.1) is 5.55 Å². The number of thioether (sulfide) groups is 2. The van der Waals surface area contributed by atoms with Gasteiger partial charge < -0.3 is 16.9 Å². The highest BCUT2D eigenvalue weighted by Gasteiger charge is 2.11. The van der Waals surface area contributed by atoms with Crippen LogP contribution in [0.15, 0.2) is 46.2 Å². The summed E-state index contributed by atoms with van der Waals surface area (Å²) >= 11 is 3.77. The van der Waals surface area contributed by atoms with E-state index in [9.17, 15) is 8.78 Å². The summed E-state index contributed by atoms with van der Waals surface area (Å²) in [6.45, 7) is 0. The van der Waals surface area contributed by atoms with Gasteiger partial charge >= 0.3 is 0 Å². The second-order valence-corrected chi connectivity index (χ2v) is 7.65. The fourth-order valence-electron chi connectivity index (χ4n) is 1.91. The first-order chi connectivity index (χ1) is 12.5. The fraction of sp³-hybridized carbons (Fsp3) is 0.176. The molecule has 0 aliphatic heterocycles. The Morgan fingerprint density at radius 2 is 1.65 bits per heavy atom. The van der Waals surface area contributed by atoms with Gasteiger partial charge in [0.1, 0.15) is 11.6 Å². The number of rotatable bonds is 7. The van der Waals surface area contributed by atoms with Gasteiger partial charge in [0.25, 0.3) is 0 Å². The quantitative estimate of drug-likeness (QED) is 0.390. The second kappa shape index (κ2) is 11.9. The number of benzene rings is 2. The molecule has 0 amide bonds. The van der Waals surface area contributed by atoms with Gasteiger partial charge in [0, 0.05) is 21.3 Å². The molecule has 0 fully saturated rings. The Kier molecular flexibility index (Phi) is 10.3. The van der Waals surface area contributed by atoms with Crippen LogP contribution in [0.25, 0.3) is 0 Å². The highest BCUT2D eigenvalue weighted by Crippen LogP contribution is 2.36. The Balaban J connectivity index is 0.00000163. The molecule has 9 heteroatoms. The molecule has 140 valence electrons. The number of nitrogens with one attached hydrogen (secondary N) is 2. The minimum atomic E-state index is -0.364. The standard InChI is InChI=1S/C16H15F2N3S3.CH5N/c17-12-3-4-14(11(5-12)8-23-16(20)21)24-15-6-13(18)2-1-10(15)7-22-9-19;1-2/h1-6,9,19H,7-8H2,(H3,20,21);2H2,1H3. The lowest BCUT2D eigenvalue weighted by Gasteiger charge is -2.12. The predicted molar refractivity (Wildman–Crippen MR) is 110 cm³/mol. The molecule has 26 heavy (non-hydrogen) atoms. The first kappa shape index (κ1) is 22.5. The third-order valence-electron chi connectivity index (χ3n) is 2.98. The van der Waals surface area contributed by atoms with Crippen LogP contribution in [0, 0.1) is 22.5 Å². The van der Waals surface area contributed by atoms with E-state index in [2.05, 4.69) is 5.73 Å². The van der Waals surface area contributed by atoms with Crippen LogP contribution in [0.4, 0.5) is 8.78 Å². The molecule has 2 aromatic carbocycles. The van der Waals surface area contributed by atoms with Crippen molar-refractivity contribution in [2.45, 2.75) is 21.3 Å². The Hall–Kier alpha value is -1.55. The molecule has 0 unspecified atom stereocenters. The van der Waals surface area contributed by atoms with Crippen molar-refractivity contribution in [2.24, 2.45) is 11.5 Å². The lowest BCUT2D eigenvalue weighted by Crippen LogP contribution is -2.04. The number of hydrogen-bond donors (Lipinski definition) is 4. The maximum Gasteiger partial charge on any atom is 0.151 e. The van der Waals surface area contributed by atoms with Crippen molar-refractivity contribution < 1.29 is 8.78 Å². The van der Waals surface area contributed by atoms with Crippen molar-refractivity contribution in [2.75, 3.05) is 7.05 Å². The monoisotopic (exact) mass is 414 g/mol. The molecule has 0 radical (unpaired) electrons. The van der Waals surface area contributed by atoms with Crippen LogP contribution in [0.3, 0.4) is 0 Å². The summed E-state index contributed by atoms with van der Waals surface area (Å²) in [5, 5.41) is 14.4. The molecule has 0 saturated heterocycles. The van der Waals surface area contributed by atoms with Gasteiger partial charge in [0.15, 0.2) is 5.17 Å². The van der Waals surface area contributed by atoms with E-state index in [0.29, 0.717) is 17.1 Å². The zero-order valence-electron chi connectivity index (χ0n) is 14.1. The molecule has 2 rings (SSSR count). The Bertz CT molecular complexity index is 757. The van der Waals surface area contributed by atoms with E-state index in [1.807, 2.05) is 0 Å². The van der Waals surface area contributed by atoms with E-state index in [-0.39, 0.29) is 16.8 Å². The summed E-state index contributed by atoms with van der Waals surface area (Å²) < 4.78 is 27.1. The first-order valence-electron chi connectivity index (χ1n) is 7.39. The molecular weight excluding hydrogens is 394 g/mol. The molecule has 0 atom stereocenters. The van der Waals surface area contributed by atoms with Crippen molar-refractivity contribution >= 4 is 46.0 Å². The summed E-state index contributed by atoms with van der Waals surface area (Å²) in [5.41, 5.74) is 12.7. The summed E-state index contributed by atoms with van der Waals surface area (Å²) in [5.74, 6) is 0.223. The highest BCUT2D eigenvalue weighted by molar-refractivity contribution is 8.13. The Labute approximate surface area is 164 Å². The number of amidine groups is 1. The topological polar surface area (TPSA) is 99.7 Å². The van der Waals surface area contributed by atoms with Crippen molar-refractivity contribution in [1.29, 1.82) is 10.8 Å². The van der Waals surface area contributed by atoms with Crippen LogP contribution < -0.4 is 11.5 Å². The van der Waals surface area contributed by atoms with Crippen molar-refractivity contribution in [1.82, 2.24) is 0 Å². The van der Waals surface area contributed by atoms with E-state index in [0.717, 1.165) is 27.1 Å². The average molecular weight is 415 g/mol. The molecule has 4 nitrogen and oxygen atoms in total. The maximum absolute atomic E-state index is 13.6. The molecular formula is C17H20F2N4S3. The summed E-state index contributed by atoms with van der Waals surface area (Å²) in [6, 6.07) is 8.94. The lowest BCUT2D eigenvalue weighted by molar-refractivity contribution is 0.622. The van der Waals surface area contributed by atoms with Gasteiger partial charge in [-0.25, -0.2) is 8.78 Å². The van der Waals surface area contributed by atoms with Gasteiger partial charge in [-0.2, -0.15) is 0 Å². The SMILES string of the molecule is CN.N=CSCc1ccc(F)cc1Sc1ccc(F)cc1CSC(=N)N. The summed E-state index contributed by atoms with van der Waals surface area (Å²) in [4.78, 5) is 1.52. The maximum atomic E-state index is 13.6. The largest absolute Gasteiger partial charge is 0.379 e. The number of nitrogens with two attached hydrogens (primary N) is 2. The Morgan fingerprint density at radius 1 is 1.00 bits per heavy atom. The molecule has 0 saturated carbocycles. The fourth-order valence-corrected chi connectivity index (χ4v) is 4.23. The molecule has 0 spiro atoms. The van der Waals surface area contributed by atoms with Gasteiger partial charge in [-0.05, 0) is 48.5 Å². The zero-order chi connectivity index (χ0) is 19.5. The van der Waals surface area contributed by atoms with E-state index in [1.165, 1.54) is 60.4 Å². The molecule has 0 heterocycles. The molecule has 6 N–H and O–H groups in total. The zero-order valence-corrected chi connectivity index (χ0v) is 16.5. The molecule has 0 bridgehead atoms. The van der Waals surface area contributed by atoms with Gasteiger partial charge in [-0.3, -0.25) is 5.41 Å². The number of hydrogen-bond acceptors (Lipinski definition) is 6. The summed E-state index contributed by atoms with van der Waals surface area (Å²) in [7, 11) is 1.50. The number of halogens is 2. The second-order valence-electron chi connectivity index (χ2n) is 4.69. The van der Waals surface area contributed by atoms with Crippen LogP contribution in [-0.2, 0) is 11.5 Å². The Morgan fingerprint density at radius 3 is 2.31 bits per heavy atom. The third-order valence-corrected chi connectivity index (χ3v) is 5.61. The van der Waals surface area contributed by atoms with Crippen molar-refractivity contribution in [3.8, 4) is 0 Å². The van der Waals surface area contributed by atoms with Gasteiger partial charge in [-0.1, -0.05) is 29.6 Å². The molecule has 0 aliphatic carbocycles. The van der Waals surface area contributed by atoms with E-state index in [1.54, 1.807) is 12.1 Å². The van der Waals surface area contributed by atoms with E-state index >= 15 is 0 Å². The molecule has 0 aromatic heterocycles. The van der Waals surface area contributed by atoms with Crippen LogP contribution in [0.5, 0.6) is 0 Å². The lowest BCUT2D eigenvalue weighted by atomic mass is 10.2. The summed E-state index contributed by atoms with van der Waals surface area (Å²) in [6.07, 6.45) is 0. The predicted octanol–water partition coefficient (Wildman–Crippen LogP) is 4.66. The average Bonchev–Trinajstić information content (AvgIpc) is 2.63. The van der Waals surface area contributed by atoms with Crippen LogP contribution in [-0.4, -0.2) is 17.8 Å². The normalized spacial score (nSPS) is 10.0. The molecule has 2 aromatic rings. The highest BCUT2D eigenvalue weighted by atomic mass is 32.2. The van der Waals surface area contributed by atoms with E-state index < -0.39 is 0 Å². The minimum absolute atomic E-state index is 0.0379. The minimum Gasteiger partial charge on any atom is -0.379 e. The van der Waals surface area contributed by atoms with Crippen LogP contribution in [0.1, 0.15) is 11.1 Å². The smallest absolute Gasteiger partial charge is 0.151 e.